The maximum Gasteiger partial charge on any atom is 0.229 e. The number of pyridine rings is 1. The zero-order valence-corrected chi connectivity index (χ0v) is 15.7. The SMILES string of the molecule is CS(=O)(=O)Nc1ccc2ccc3ncc(N4CCNCC4)cc3c(=O)c2c1. The van der Waals surface area contributed by atoms with E-state index in [1.165, 1.54) is 0 Å². The van der Waals surface area contributed by atoms with Crippen LogP contribution in [-0.4, -0.2) is 45.8 Å². The van der Waals surface area contributed by atoms with Gasteiger partial charge in [-0.3, -0.25) is 14.5 Å². The Morgan fingerprint density at radius 2 is 1.81 bits per heavy atom. The van der Waals surface area contributed by atoms with Gasteiger partial charge in [-0.05, 0) is 29.7 Å². The molecule has 2 N–H and O–H groups in total. The normalized spacial score (nSPS) is 15.2. The van der Waals surface area contributed by atoms with E-state index in [1.807, 2.05) is 18.2 Å². The highest BCUT2D eigenvalue weighted by atomic mass is 32.2. The minimum atomic E-state index is -3.42. The van der Waals surface area contributed by atoms with E-state index in [9.17, 15) is 13.2 Å². The van der Waals surface area contributed by atoms with Crippen molar-refractivity contribution in [2.24, 2.45) is 0 Å². The second-order valence-corrected chi connectivity index (χ2v) is 8.45. The van der Waals surface area contributed by atoms with Gasteiger partial charge in [0.2, 0.25) is 10.0 Å². The highest BCUT2D eigenvalue weighted by Crippen LogP contribution is 2.22. The second-order valence-electron chi connectivity index (χ2n) is 6.70. The van der Waals surface area contributed by atoms with E-state index < -0.39 is 10.0 Å². The minimum Gasteiger partial charge on any atom is -0.368 e. The first-order chi connectivity index (χ1) is 12.9. The van der Waals surface area contributed by atoms with Crippen molar-refractivity contribution < 1.29 is 8.42 Å². The van der Waals surface area contributed by atoms with Crippen molar-refractivity contribution in [2.75, 3.05) is 42.1 Å². The average Bonchev–Trinajstić information content (AvgIpc) is 2.78. The highest BCUT2D eigenvalue weighted by molar-refractivity contribution is 7.92. The summed E-state index contributed by atoms with van der Waals surface area (Å²) in [5, 5.41) is 5.03. The summed E-state index contributed by atoms with van der Waals surface area (Å²) in [7, 11) is -3.42. The van der Waals surface area contributed by atoms with Crippen LogP contribution in [0.5, 0.6) is 0 Å². The number of nitrogens with one attached hydrogen (secondary N) is 2. The number of fused-ring (bicyclic) bond motifs is 2. The van der Waals surface area contributed by atoms with E-state index in [1.54, 1.807) is 24.4 Å². The fraction of sp³-hybridized carbons (Fsp3) is 0.263. The molecule has 4 rings (SSSR count). The molecular formula is C19H20N4O3S. The van der Waals surface area contributed by atoms with Crippen molar-refractivity contribution in [1.29, 1.82) is 0 Å². The summed E-state index contributed by atoms with van der Waals surface area (Å²) in [5.74, 6) is 0. The van der Waals surface area contributed by atoms with Crippen LogP contribution in [0.4, 0.5) is 11.4 Å². The summed E-state index contributed by atoms with van der Waals surface area (Å²) >= 11 is 0. The molecule has 1 aliphatic rings. The summed E-state index contributed by atoms with van der Waals surface area (Å²) in [5.41, 5.74) is 1.75. The van der Waals surface area contributed by atoms with Crippen LogP contribution >= 0.6 is 0 Å². The number of rotatable bonds is 3. The Balaban J connectivity index is 1.90. The van der Waals surface area contributed by atoms with Crippen LogP contribution in [0, 0.1) is 0 Å². The number of nitrogens with zero attached hydrogens (tertiary/aromatic N) is 2. The smallest absolute Gasteiger partial charge is 0.229 e. The standard InChI is InChI=1S/C19H20N4O3S/c1-27(25,26)22-14-4-2-13-3-5-18-17(19(24)16(13)10-14)11-15(12-21-18)23-8-6-20-7-9-23/h2-5,10-12,20,22H,6-9H2,1H3. The van der Waals surface area contributed by atoms with E-state index in [2.05, 4.69) is 19.9 Å². The van der Waals surface area contributed by atoms with Crippen molar-refractivity contribution in [3.05, 3.63) is 52.8 Å². The molecule has 8 heteroatoms. The van der Waals surface area contributed by atoms with Crippen LogP contribution in [0.1, 0.15) is 0 Å². The van der Waals surface area contributed by atoms with Crippen LogP contribution < -0.4 is 20.4 Å². The molecule has 27 heavy (non-hydrogen) atoms. The molecular weight excluding hydrogens is 364 g/mol. The zero-order chi connectivity index (χ0) is 19.0. The number of benzene rings is 1. The van der Waals surface area contributed by atoms with Gasteiger partial charge >= 0.3 is 0 Å². The largest absolute Gasteiger partial charge is 0.368 e. The van der Waals surface area contributed by atoms with Gasteiger partial charge in [-0.15, -0.1) is 0 Å². The molecule has 0 unspecified atom stereocenters. The van der Waals surface area contributed by atoms with Gasteiger partial charge in [0, 0.05) is 37.3 Å². The predicted molar refractivity (Wildman–Crippen MR) is 109 cm³/mol. The third kappa shape index (κ3) is 3.72. The molecule has 0 saturated carbocycles. The van der Waals surface area contributed by atoms with E-state index in [0.29, 0.717) is 22.0 Å². The Bertz CT molecular complexity index is 1190. The van der Waals surface area contributed by atoms with Gasteiger partial charge in [0.15, 0.2) is 5.43 Å². The van der Waals surface area contributed by atoms with Gasteiger partial charge in [0.05, 0.1) is 29.0 Å². The maximum absolute atomic E-state index is 13.2. The monoisotopic (exact) mass is 384 g/mol. The fourth-order valence-electron chi connectivity index (χ4n) is 3.36. The average molecular weight is 384 g/mol. The number of hydrogen-bond donors (Lipinski definition) is 2. The molecule has 0 spiro atoms. The van der Waals surface area contributed by atoms with Gasteiger partial charge in [-0.2, -0.15) is 0 Å². The second kappa shape index (κ2) is 6.79. The number of anilines is 2. The minimum absolute atomic E-state index is 0.161. The molecule has 2 aromatic carbocycles. The van der Waals surface area contributed by atoms with Crippen molar-refractivity contribution >= 4 is 43.1 Å². The van der Waals surface area contributed by atoms with E-state index >= 15 is 0 Å². The molecule has 1 fully saturated rings. The number of hydrogen-bond acceptors (Lipinski definition) is 6. The maximum atomic E-state index is 13.2. The van der Waals surface area contributed by atoms with Gasteiger partial charge < -0.3 is 10.2 Å². The fourth-order valence-corrected chi connectivity index (χ4v) is 3.92. The molecule has 1 aliphatic heterocycles. The lowest BCUT2D eigenvalue weighted by Crippen LogP contribution is -2.43. The molecule has 0 atom stereocenters. The summed E-state index contributed by atoms with van der Waals surface area (Å²) < 4.78 is 25.4. The molecule has 0 aliphatic carbocycles. The lowest BCUT2D eigenvalue weighted by molar-refractivity contribution is 0.589. The Morgan fingerprint density at radius 1 is 1.07 bits per heavy atom. The highest BCUT2D eigenvalue weighted by Gasteiger charge is 2.13. The molecule has 1 aromatic heterocycles. The van der Waals surface area contributed by atoms with E-state index in [4.69, 9.17) is 0 Å². The third-order valence-electron chi connectivity index (χ3n) is 4.65. The topological polar surface area (TPSA) is 91.4 Å². The number of sulfonamides is 1. The summed E-state index contributed by atoms with van der Waals surface area (Å²) in [6.45, 7) is 3.52. The summed E-state index contributed by atoms with van der Waals surface area (Å²) in [4.78, 5) is 19.9. The first kappa shape index (κ1) is 17.7. The summed E-state index contributed by atoms with van der Waals surface area (Å²) in [6.07, 6.45) is 2.88. The van der Waals surface area contributed by atoms with Gasteiger partial charge in [-0.25, -0.2) is 8.42 Å². The van der Waals surface area contributed by atoms with Crippen LogP contribution in [0.15, 0.2) is 47.4 Å². The zero-order valence-electron chi connectivity index (χ0n) is 14.9. The summed E-state index contributed by atoms with van der Waals surface area (Å²) in [6, 6.07) is 10.5. The first-order valence-corrected chi connectivity index (χ1v) is 10.6. The first-order valence-electron chi connectivity index (χ1n) is 8.71. The van der Waals surface area contributed by atoms with Crippen LogP contribution in [0.3, 0.4) is 0 Å². The van der Waals surface area contributed by atoms with Crippen molar-refractivity contribution in [2.45, 2.75) is 0 Å². The van der Waals surface area contributed by atoms with E-state index in [-0.39, 0.29) is 5.43 Å². The Labute approximate surface area is 157 Å². The quantitative estimate of drug-likeness (QED) is 0.712. The predicted octanol–water partition coefficient (Wildman–Crippen LogP) is 1.53. The van der Waals surface area contributed by atoms with Crippen LogP contribution in [0.25, 0.3) is 21.7 Å². The molecule has 0 amide bonds. The Morgan fingerprint density at radius 3 is 2.56 bits per heavy atom. The molecule has 0 radical (unpaired) electrons. The van der Waals surface area contributed by atoms with Crippen LogP contribution in [-0.2, 0) is 10.0 Å². The molecule has 3 aromatic rings. The van der Waals surface area contributed by atoms with Crippen molar-refractivity contribution in [3.8, 4) is 0 Å². The van der Waals surface area contributed by atoms with Gasteiger partial charge in [0.1, 0.15) is 0 Å². The van der Waals surface area contributed by atoms with Gasteiger partial charge in [-0.1, -0.05) is 12.1 Å². The van der Waals surface area contributed by atoms with Crippen LogP contribution in [0.2, 0.25) is 0 Å². The third-order valence-corrected chi connectivity index (χ3v) is 5.26. The number of piperazine rings is 1. The molecule has 1 saturated heterocycles. The Hall–Kier alpha value is -2.71. The molecule has 7 nitrogen and oxygen atoms in total. The van der Waals surface area contributed by atoms with Crippen molar-refractivity contribution in [3.63, 3.8) is 0 Å². The van der Waals surface area contributed by atoms with Gasteiger partial charge in [0.25, 0.3) is 0 Å². The molecule has 0 bridgehead atoms. The lowest BCUT2D eigenvalue weighted by atomic mass is 10.1. The lowest BCUT2D eigenvalue weighted by Gasteiger charge is -2.29. The number of aromatic nitrogens is 1. The Kier molecular flexibility index (Phi) is 4.45. The molecule has 140 valence electrons. The van der Waals surface area contributed by atoms with Crippen molar-refractivity contribution in [1.82, 2.24) is 10.3 Å². The van der Waals surface area contributed by atoms with E-state index in [0.717, 1.165) is 43.5 Å². The molecule has 2 heterocycles.